The molecule has 0 aliphatic carbocycles. The van der Waals surface area contributed by atoms with Gasteiger partial charge in [0.15, 0.2) is 5.79 Å². The topological polar surface area (TPSA) is 104 Å². The highest BCUT2D eigenvalue weighted by atomic mass is 35.5. The van der Waals surface area contributed by atoms with Crippen LogP contribution in [0.3, 0.4) is 0 Å². The van der Waals surface area contributed by atoms with Crippen LogP contribution in [-0.2, 0) is 22.6 Å². The van der Waals surface area contributed by atoms with E-state index in [1.807, 2.05) is 37.3 Å². The van der Waals surface area contributed by atoms with Crippen LogP contribution >= 0.6 is 22.9 Å². The number of halogens is 1. The van der Waals surface area contributed by atoms with Gasteiger partial charge in [0.2, 0.25) is 5.62 Å². The maximum atomic E-state index is 13.6. The van der Waals surface area contributed by atoms with Gasteiger partial charge in [0.25, 0.3) is 0 Å². The third-order valence-corrected chi connectivity index (χ3v) is 6.79. The molecule has 0 unspecified atom stereocenters. The second-order valence-electron chi connectivity index (χ2n) is 8.81. The molecule has 0 bridgehead atoms. The summed E-state index contributed by atoms with van der Waals surface area (Å²) >= 11 is 7.59. The van der Waals surface area contributed by atoms with Crippen molar-refractivity contribution < 1.29 is 9.47 Å². The summed E-state index contributed by atoms with van der Waals surface area (Å²) < 4.78 is 14.9. The fourth-order valence-electron chi connectivity index (χ4n) is 3.99. The first-order valence-electron chi connectivity index (χ1n) is 11.1. The number of fused-ring (bicyclic) bond motifs is 1. The summed E-state index contributed by atoms with van der Waals surface area (Å²) in [5, 5.41) is 1.55. The monoisotopic (exact) mass is 513 g/mol. The van der Waals surface area contributed by atoms with E-state index in [9.17, 15) is 9.59 Å². The zero-order valence-corrected chi connectivity index (χ0v) is 21.0. The van der Waals surface area contributed by atoms with Crippen molar-refractivity contribution in [1.29, 1.82) is 0 Å². The van der Waals surface area contributed by atoms with Crippen LogP contribution in [0, 0.1) is 6.92 Å². The molecule has 1 fully saturated rings. The molecule has 1 atom stereocenters. The van der Waals surface area contributed by atoms with Gasteiger partial charge in [0.05, 0.1) is 40.6 Å². The Morgan fingerprint density at radius 2 is 1.97 bits per heavy atom. The van der Waals surface area contributed by atoms with Crippen LogP contribution in [0.2, 0.25) is 5.02 Å². The molecule has 0 amide bonds. The van der Waals surface area contributed by atoms with Crippen molar-refractivity contribution in [3.63, 3.8) is 0 Å². The van der Waals surface area contributed by atoms with E-state index in [-0.39, 0.29) is 25.3 Å². The molecule has 0 saturated carbocycles. The number of aromatic nitrogens is 4. The average molecular weight is 514 g/mol. The Kier molecular flexibility index (Phi) is 6.22. The fourth-order valence-corrected chi connectivity index (χ4v) is 4.98. The number of nitrogens with one attached hydrogen (secondary N) is 1. The van der Waals surface area contributed by atoms with E-state index in [4.69, 9.17) is 21.1 Å². The minimum Gasteiger partial charge on any atom is -0.348 e. The Morgan fingerprint density at radius 3 is 2.69 bits per heavy atom. The van der Waals surface area contributed by atoms with Gasteiger partial charge in [-0.05, 0) is 56.7 Å². The number of rotatable bonds is 5. The lowest BCUT2D eigenvalue weighted by Crippen LogP contribution is -2.51. The first-order valence-corrected chi connectivity index (χ1v) is 12.3. The third kappa shape index (κ3) is 5.15. The molecule has 2 aromatic heterocycles. The van der Waals surface area contributed by atoms with Crippen LogP contribution in [0.1, 0.15) is 24.4 Å². The average Bonchev–Trinajstić information content (AvgIpc) is 3.35. The molecule has 0 spiro atoms. The molecule has 11 heteroatoms. The zero-order valence-electron chi connectivity index (χ0n) is 19.4. The summed E-state index contributed by atoms with van der Waals surface area (Å²) in [5.74, 6) is -0.761. The van der Waals surface area contributed by atoms with E-state index in [1.54, 1.807) is 37.3 Å². The number of benzene rings is 2. The van der Waals surface area contributed by atoms with Gasteiger partial charge >= 0.3 is 11.4 Å². The number of aryl methyl sites for hydroxylation is 1. The lowest BCUT2D eigenvalue weighted by molar-refractivity contribution is -0.139. The predicted octanol–water partition coefficient (Wildman–Crippen LogP) is 3.34. The lowest BCUT2D eigenvalue weighted by atomic mass is 10.2. The summed E-state index contributed by atoms with van der Waals surface area (Å²) in [6.45, 7) is 6.08. The van der Waals surface area contributed by atoms with Crippen LogP contribution in [0.15, 0.2) is 57.0 Å². The molecule has 9 nitrogen and oxygen atoms in total. The summed E-state index contributed by atoms with van der Waals surface area (Å²) in [4.78, 5) is 38.4. The van der Waals surface area contributed by atoms with Crippen LogP contribution in [0.25, 0.3) is 10.2 Å². The van der Waals surface area contributed by atoms with Crippen molar-refractivity contribution in [2.75, 3.05) is 6.61 Å². The molecule has 4 aromatic rings. The highest BCUT2D eigenvalue weighted by Gasteiger charge is 2.33. The molecule has 2 aromatic carbocycles. The van der Waals surface area contributed by atoms with Crippen molar-refractivity contribution in [3.8, 4) is 0 Å². The maximum Gasteiger partial charge on any atom is 0.335 e. The van der Waals surface area contributed by atoms with E-state index in [0.29, 0.717) is 10.7 Å². The van der Waals surface area contributed by atoms with Gasteiger partial charge in [0.1, 0.15) is 6.10 Å². The largest absolute Gasteiger partial charge is 0.348 e. The van der Waals surface area contributed by atoms with Gasteiger partial charge < -0.3 is 9.47 Å². The van der Waals surface area contributed by atoms with E-state index < -0.39 is 23.3 Å². The number of aromatic amines is 1. The maximum absolute atomic E-state index is 13.6. The molecule has 0 radical (unpaired) electrons. The van der Waals surface area contributed by atoms with Gasteiger partial charge in [0, 0.05) is 5.02 Å². The molecule has 1 aliphatic rings. The molecule has 1 saturated heterocycles. The number of hydrogen-bond donors (Lipinski definition) is 1. The molecule has 182 valence electrons. The van der Waals surface area contributed by atoms with E-state index in [2.05, 4.69) is 15.0 Å². The SMILES string of the molecule is Cc1nc2ccc(/N=c3\[nH]c(=O)n(C[C@H]4COC(C)(C)O4)c(=O)n3Cc3ccc(Cl)cc3)cc2s1. The normalized spacial score (nSPS) is 17.9. The summed E-state index contributed by atoms with van der Waals surface area (Å²) in [7, 11) is 0. The highest BCUT2D eigenvalue weighted by Crippen LogP contribution is 2.26. The zero-order chi connectivity index (χ0) is 24.7. The number of H-pyrrole nitrogens is 1. The third-order valence-electron chi connectivity index (χ3n) is 5.60. The summed E-state index contributed by atoms with van der Waals surface area (Å²) in [6.07, 6.45) is -0.424. The first-order chi connectivity index (χ1) is 16.7. The first kappa shape index (κ1) is 23.7. The van der Waals surface area contributed by atoms with Gasteiger partial charge in [-0.15, -0.1) is 11.3 Å². The minimum atomic E-state index is -0.761. The van der Waals surface area contributed by atoms with Crippen LogP contribution in [0.4, 0.5) is 5.69 Å². The van der Waals surface area contributed by atoms with Crippen LogP contribution in [-0.4, -0.2) is 37.6 Å². The molecular weight excluding hydrogens is 490 g/mol. The van der Waals surface area contributed by atoms with Crippen molar-refractivity contribution in [3.05, 3.63) is 84.6 Å². The van der Waals surface area contributed by atoms with Gasteiger partial charge in [-0.2, -0.15) is 0 Å². The summed E-state index contributed by atoms with van der Waals surface area (Å²) in [5.41, 5.74) is 1.41. The van der Waals surface area contributed by atoms with Crippen LogP contribution < -0.4 is 17.0 Å². The number of thiazole rings is 1. The van der Waals surface area contributed by atoms with Gasteiger partial charge in [-0.25, -0.2) is 24.1 Å². The van der Waals surface area contributed by atoms with E-state index >= 15 is 0 Å². The Labute approximate surface area is 209 Å². The Bertz CT molecular complexity index is 1580. The van der Waals surface area contributed by atoms with Crippen molar-refractivity contribution in [2.45, 2.75) is 45.8 Å². The molecular formula is C24H24ClN5O4S. The second-order valence-corrected chi connectivity index (χ2v) is 10.5. The van der Waals surface area contributed by atoms with Crippen LogP contribution in [0.5, 0.6) is 0 Å². The van der Waals surface area contributed by atoms with Crippen molar-refractivity contribution >= 4 is 38.8 Å². The number of nitrogens with zero attached hydrogens (tertiary/aromatic N) is 4. The van der Waals surface area contributed by atoms with Crippen molar-refractivity contribution in [1.82, 2.24) is 19.1 Å². The molecule has 5 rings (SSSR count). The van der Waals surface area contributed by atoms with E-state index in [1.165, 1.54) is 4.57 Å². The standard InChI is InChI=1S/C24H24ClN5O4S/c1-14-26-19-9-8-17(10-20(19)35-14)27-21-28-22(31)30(12-18-13-33-24(2,3)34-18)23(32)29(21)11-15-4-6-16(25)7-5-15/h4-10,18H,11-13H2,1-3H3,(H,27,28,31)/t18-/m0/s1. The number of hydrogen-bond acceptors (Lipinski definition) is 7. The number of ether oxygens (including phenoxy) is 2. The lowest BCUT2D eigenvalue weighted by Gasteiger charge is -2.17. The second kappa shape index (κ2) is 9.19. The Balaban J connectivity index is 1.61. The Morgan fingerprint density at radius 1 is 1.20 bits per heavy atom. The molecule has 35 heavy (non-hydrogen) atoms. The predicted molar refractivity (Wildman–Crippen MR) is 134 cm³/mol. The minimum absolute atomic E-state index is 0.0601. The Hall–Kier alpha value is -3.05. The summed E-state index contributed by atoms with van der Waals surface area (Å²) in [6, 6.07) is 12.7. The van der Waals surface area contributed by atoms with Gasteiger partial charge in [-0.1, -0.05) is 23.7 Å². The fraction of sp³-hybridized carbons (Fsp3) is 0.333. The smallest absolute Gasteiger partial charge is 0.335 e. The van der Waals surface area contributed by atoms with Crippen molar-refractivity contribution in [2.24, 2.45) is 4.99 Å². The molecule has 3 heterocycles. The molecule has 1 aliphatic heterocycles. The quantitative estimate of drug-likeness (QED) is 0.441. The van der Waals surface area contributed by atoms with Gasteiger partial charge in [-0.3, -0.25) is 9.55 Å². The molecule has 1 N–H and O–H groups in total. The highest BCUT2D eigenvalue weighted by molar-refractivity contribution is 7.18. The van der Waals surface area contributed by atoms with E-state index in [0.717, 1.165) is 25.4 Å².